The topological polar surface area (TPSA) is 73.4 Å². The average Bonchev–Trinajstić information content (AvgIpc) is 2.89. The fraction of sp³-hybridized carbons (Fsp3) is 0.375. The molecule has 0 unspecified atom stereocenters. The molecule has 1 saturated heterocycles. The van der Waals surface area contributed by atoms with Crippen molar-refractivity contribution in [3.05, 3.63) is 35.8 Å². The first-order valence-corrected chi connectivity index (χ1v) is 7.30. The Balaban J connectivity index is 1.68. The van der Waals surface area contributed by atoms with Gasteiger partial charge in [-0.2, -0.15) is 0 Å². The SMILES string of the molecule is O=C(O)C1CCN(C(=O)Cc2c[nH]c3cc(F)ccc23)CC1. The van der Waals surface area contributed by atoms with E-state index in [1.165, 1.54) is 12.1 Å². The van der Waals surface area contributed by atoms with E-state index in [1.54, 1.807) is 17.2 Å². The third-order valence-electron chi connectivity index (χ3n) is 4.27. The van der Waals surface area contributed by atoms with Gasteiger partial charge in [-0.3, -0.25) is 9.59 Å². The Labute approximate surface area is 126 Å². The number of hydrogen-bond donors (Lipinski definition) is 2. The molecule has 0 aliphatic carbocycles. The maximum Gasteiger partial charge on any atom is 0.306 e. The minimum atomic E-state index is -0.786. The number of carboxylic acids is 1. The molecule has 1 fully saturated rings. The molecule has 116 valence electrons. The molecule has 1 amide bonds. The monoisotopic (exact) mass is 304 g/mol. The van der Waals surface area contributed by atoms with Gasteiger partial charge >= 0.3 is 5.97 Å². The largest absolute Gasteiger partial charge is 0.481 e. The predicted molar refractivity (Wildman–Crippen MR) is 78.9 cm³/mol. The summed E-state index contributed by atoms with van der Waals surface area (Å²) in [4.78, 5) is 27.9. The van der Waals surface area contributed by atoms with Gasteiger partial charge in [0.2, 0.25) is 5.91 Å². The van der Waals surface area contributed by atoms with Gasteiger partial charge in [0.05, 0.1) is 12.3 Å². The van der Waals surface area contributed by atoms with Gasteiger partial charge in [-0.05, 0) is 36.6 Å². The smallest absolute Gasteiger partial charge is 0.306 e. The Bertz CT molecular complexity index is 717. The number of amides is 1. The van der Waals surface area contributed by atoms with Gasteiger partial charge < -0.3 is 15.0 Å². The number of piperidine rings is 1. The lowest BCUT2D eigenvalue weighted by atomic mass is 9.96. The molecule has 22 heavy (non-hydrogen) atoms. The number of aromatic amines is 1. The fourth-order valence-electron chi connectivity index (χ4n) is 2.96. The second-order valence-electron chi connectivity index (χ2n) is 5.67. The number of rotatable bonds is 3. The number of hydrogen-bond acceptors (Lipinski definition) is 2. The molecule has 2 heterocycles. The average molecular weight is 304 g/mol. The molecular formula is C16H17FN2O3. The number of nitrogens with one attached hydrogen (secondary N) is 1. The van der Waals surface area contributed by atoms with Crippen molar-refractivity contribution in [2.24, 2.45) is 5.92 Å². The van der Waals surface area contributed by atoms with Crippen molar-refractivity contribution in [1.82, 2.24) is 9.88 Å². The number of H-pyrrole nitrogens is 1. The van der Waals surface area contributed by atoms with Crippen LogP contribution < -0.4 is 0 Å². The third-order valence-corrected chi connectivity index (χ3v) is 4.27. The van der Waals surface area contributed by atoms with E-state index in [1.807, 2.05) is 0 Å². The van der Waals surface area contributed by atoms with Gasteiger partial charge in [0.25, 0.3) is 0 Å². The molecule has 6 heteroatoms. The lowest BCUT2D eigenvalue weighted by Crippen LogP contribution is -2.40. The van der Waals surface area contributed by atoms with Crippen LogP contribution in [0.2, 0.25) is 0 Å². The highest BCUT2D eigenvalue weighted by molar-refractivity contribution is 5.89. The molecule has 1 aliphatic heterocycles. The van der Waals surface area contributed by atoms with Crippen molar-refractivity contribution < 1.29 is 19.1 Å². The Morgan fingerprint density at radius 2 is 2.05 bits per heavy atom. The van der Waals surface area contributed by atoms with Crippen molar-refractivity contribution in [2.45, 2.75) is 19.3 Å². The number of carbonyl (C=O) groups excluding carboxylic acids is 1. The van der Waals surface area contributed by atoms with E-state index < -0.39 is 5.97 Å². The standard InChI is InChI=1S/C16H17FN2O3/c17-12-1-2-13-11(9-18-14(13)8-12)7-15(20)19-5-3-10(4-6-19)16(21)22/h1-2,8-10,18H,3-7H2,(H,21,22). The van der Waals surface area contributed by atoms with E-state index in [4.69, 9.17) is 5.11 Å². The van der Waals surface area contributed by atoms with Crippen molar-refractivity contribution in [3.63, 3.8) is 0 Å². The summed E-state index contributed by atoms with van der Waals surface area (Å²) in [5.41, 5.74) is 1.51. The molecule has 0 atom stereocenters. The van der Waals surface area contributed by atoms with E-state index in [-0.39, 0.29) is 24.1 Å². The predicted octanol–water partition coefficient (Wildman–Crippen LogP) is 2.17. The molecule has 1 aliphatic rings. The van der Waals surface area contributed by atoms with Crippen LogP contribution in [0.5, 0.6) is 0 Å². The zero-order valence-corrected chi connectivity index (χ0v) is 12.0. The second kappa shape index (κ2) is 5.79. The van der Waals surface area contributed by atoms with Gasteiger partial charge in [-0.1, -0.05) is 0 Å². The van der Waals surface area contributed by atoms with E-state index in [2.05, 4.69) is 4.98 Å². The van der Waals surface area contributed by atoms with E-state index in [0.717, 1.165) is 10.9 Å². The Morgan fingerprint density at radius 1 is 1.32 bits per heavy atom. The van der Waals surface area contributed by atoms with Crippen LogP contribution in [0.4, 0.5) is 4.39 Å². The highest BCUT2D eigenvalue weighted by Crippen LogP contribution is 2.22. The number of halogens is 1. The van der Waals surface area contributed by atoms with Crippen LogP contribution in [0.15, 0.2) is 24.4 Å². The lowest BCUT2D eigenvalue weighted by molar-refractivity contribution is -0.145. The van der Waals surface area contributed by atoms with Crippen molar-refractivity contribution in [3.8, 4) is 0 Å². The first-order chi connectivity index (χ1) is 10.5. The molecular weight excluding hydrogens is 287 g/mol. The maximum atomic E-state index is 13.2. The van der Waals surface area contributed by atoms with Gasteiger partial charge in [0, 0.05) is 30.2 Å². The van der Waals surface area contributed by atoms with Gasteiger partial charge in [0.1, 0.15) is 5.82 Å². The van der Waals surface area contributed by atoms with Crippen LogP contribution in [0, 0.1) is 11.7 Å². The first-order valence-electron chi connectivity index (χ1n) is 7.30. The van der Waals surface area contributed by atoms with E-state index in [9.17, 15) is 14.0 Å². The summed E-state index contributed by atoms with van der Waals surface area (Å²) >= 11 is 0. The summed E-state index contributed by atoms with van der Waals surface area (Å²) in [6.45, 7) is 0.958. The number of nitrogens with zero attached hydrogens (tertiary/aromatic N) is 1. The number of carboxylic acid groups (broad SMARTS) is 1. The van der Waals surface area contributed by atoms with Crippen molar-refractivity contribution >= 4 is 22.8 Å². The third kappa shape index (κ3) is 2.81. The number of aromatic nitrogens is 1. The quantitative estimate of drug-likeness (QED) is 0.912. The zero-order valence-electron chi connectivity index (χ0n) is 12.0. The van der Waals surface area contributed by atoms with Crippen LogP contribution in [0.1, 0.15) is 18.4 Å². The maximum absolute atomic E-state index is 13.2. The van der Waals surface area contributed by atoms with Gasteiger partial charge in [0.15, 0.2) is 0 Å². The highest BCUT2D eigenvalue weighted by Gasteiger charge is 2.27. The Hall–Kier alpha value is -2.37. The number of likely N-dealkylation sites (tertiary alicyclic amines) is 1. The molecule has 1 aromatic heterocycles. The summed E-state index contributed by atoms with van der Waals surface area (Å²) < 4.78 is 13.2. The molecule has 0 saturated carbocycles. The second-order valence-corrected chi connectivity index (χ2v) is 5.67. The first kappa shape index (κ1) is 14.6. The van der Waals surface area contributed by atoms with Crippen molar-refractivity contribution in [2.75, 3.05) is 13.1 Å². The molecule has 2 N–H and O–H groups in total. The van der Waals surface area contributed by atoms with E-state index >= 15 is 0 Å². The lowest BCUT2D eigenvalue weighted by Gasteiger charge is -2.30. The fourth-order valence-corrected chi connectivity index (χ4v) is 2.96. The molecule has 3 rings (SSSR count). The number of benzene rings is 1. The van der Waals surface area contributed by atoms with Gasteiger partial charge in [-0.15, -0.1) is 0 Å². The van der Waals surface area contributed by atoms with E-state index in [0.29, 0.717) is 31.4 Å². The minimum absolute atomic E-state index is 0.0194. The molecule has 0 spiro atoms. The summed E-state index contributed by atoms with van der Waals surface area (Å²) in [6, 6.07) is 4.45. The molecule has 0 radical (unpaired) electrons. The number of carbonyl (C=O) groups is 2. The van der Waals surface area contributed by atoms with Gasteiger partial charge in [-0.25, -0.2) is 4.39 Å². The van der Waals surface area contributed by atoms with Crippen LogP contribution in [0.25, 0.3) is 10.9 Å². The van der Waals surface area contributed by atoms with Crippen LogP contribution in [0.3, 0.4) is 0 Å². The molecule has 1 aromatic carbocycles. The normalized spacial score (nSPS) is 16.1. The molecule has 5 nitrogen and oxygen atoms in total. The Kier molecular flexibility index (Phi) is 3.83. The molecule has 0 bridgehead atoms. The summed E-state index contributed by atoms with van der Waals surface area (Å²) in [7, 11) is 0. The number of fused-ring (bicyclic) bond motifs is 1. The summed E-state index contributed by atoms with van der Waals surface area (Å²) in [5.74, 6) is -1.47. The highest BCUT2D eigenvalue weighted by atomic mass is 19.1. The van der Waals surface area contributed by atoms with Crippen LogP contribution >= 0.6 is 0 Å². The summed E-state index contributed by atoms with van der Waals surface area (Å²) in [5, 5.41) is 9.82. The number of aliphatic carboxylic acids is 1. The summed E-state index contributed by atoms with van der Waals surface area (Å²) in [6.07, 6.45) is 2.97. The minimum Gasteiger partial charge on any atom is -0.481 e. The Morgan fingerprint density at radius 3 is 2.73 bits per heavy atom. The van der Waals surface area contributed by atoms with Crippen molar-refractivity contribution in [1.29, 1.82) is 0 Å². The van der Waals surface area contributed by atoms with Crippen LogP contribution in [-0.4, -0.2) is 40.0 Å². The zero-order chi connectivity index (χ0) is 15.7. The molecule has 2 aromatic rings. The van der Waals surface area contributed by atoms with Crippen LogP contribution in [-0.2, 0) is 16.0 Å².